The third-order valence-electron chi connectivity index (χ3n) is 2.83. The molecule has 1 aliphatic carbocycles. The molecular formula is C9H14NO3+. The van der Waals surface area contributed by atoms with Crippen LogP contribution in [0, 0.1) is 0 Å². The normalized spacial score (nSPS) is 38.2. The molecule has 1 saturated heterocycles. The third kappa shape index (κ3) is 1.26. The number of carbonyl (C=O) groups is 1. The van der Waals surface area contributed by atoms with Gasteiger partial charge in [-0.15, -0.1) is 0 Å². The molecule has 0 aromatic heterocycles. The SMILES string of the molecule is C[NH2+]C1=C[C@@]2(CC1)OC(=O)C[C@@H]2O. The number of rotatable bonds is 1. The molecule has 0 amide bonds. The second-order valence-electron chi connectivity index (χ2n) is 3.66. The van der Waals surface area contributed by atoms with Gasteiger partial charge in [0.25, 0.3) is 0 Å². The van der Waals surface area contributed by atoms with Gasteiger partial charge in [0, 0.05) is 18.9 Å². The Morgan fingerprint density at radius 2 is 2.54 bits per heavy atom. The lowest BCUT2D eigenvalue weighted by atomic mass is 9.97. The summed E-state index contributed by atoms with van der Waals surface area (Å²) in [6.45, 7) is 0. The number of allylic oxidation sites excluding steroid dienone is 1. The van der Waals surface area contributed by atoms with Gasteiger partial charge in [-0.05, 0) is 0 Å². The van der Waals surface area contributed by atoms with Crippen molar-refractivity contribution in [1.82, 2.24) is 0 Å². The number of aliphatic hydroxyl groups is 1. The fraction of sp³-hybridized carbons (Fsp3) is 0.667. The van der Waals surface area contributed by atoms with Gasteiger partial charge in [-0.1, -0.05) is 0 Å². The van der Waals surface area contributed by atoms with Gasteiger partial charge in [0.15, 0.2) is 5.60 Å². The van der Waals surface area contributed by atoms with Crippen LogP contribution >= 0.6 is 0 Å². The minimum absolute atomic E-state index is 0.132. The molecule has 13 heavy (non-hydrogen) atoms. The molecule has 2 rings (SSSR count). The summed E-state index contributed by atoms with van der Waals surface area (Å²) in [5, 5.41) is 11.7. The van der Waals surface area contributed by atoms with Gasteiger partial charge in [0.05, 0.1) is 13.5 Å². The second kappa shape index (κ2) is 2.82. The van der Waals surface area contributed by atoms with E-state index < -0.39 is 11.7 Å². The minimum Gasteiger partial charge on any atom is -0.452 e. The van der Waals surface area contributed by atoms with E-state index in [-0.39, 0.29) is 12.4 Å². The van der Waals surface area contributed by atoms with Crippen LogP contribution in [0.4, 0.5) is 0 Å². The van der Waals surface area contributed by atoms with E-state index in [1.54, 1.807) is 0 Å². The Morgan fingerprint density at radius 1 is 1.77 bits per heavy atom. The van der Waals surface area contributed by atoms with Crippen LogP contribution in [0.25, 0.3) is 0 Å². The lowest BCUT2D eigenvalue weighted by molar-refractivity contribution is -0.577. The van der Waals surface area contributed by atoms with Crippen molar-refractivity contribution in [3.8, 4) is 0 Å². The number of hydrogen-bond donors (Lipinski definition) is 2. The van der Waals surface area contributed by atoms with Crippen LogP contribution in [0.3, 0.4) is 0 Å². The molecule has 0 aromatic carbocycles. The fourth-order valence-corrected chi connectivity index (χ4v) is 2.02. The first kappa shape index (κ1) is 8.72. The summed E-state index contributed by atoms with van der Waals surface area (Å²) >= 11 is 0. The Balaban J connectivity index is 2.23. The van der Waals surface area contributed by atoms with Crippen molar-refractivity contribution in [2.45, 2.75) is 31.0 Å². The zero-order valence-electron chi connectivity index (χ0n) is 7.62. The predicted molar refractivity (Wildman–Crippen MR) is 44.6 cm³/mol. The summed E-state index contributed by atoms with van der Waals surface area (Å²) < 4.78 is 5.17. The summed E-state index contributed by atoms with van der Waals surface area (Å²) in [5.74, 6) is -0.291. The molecule has 1 heterocycles. The van der Waals surface area contributed by atoms with Crippen LogP contribution in [0.2, 0.25) is 0 Å². The van der Waals surface area contributed by atoms with Crippen LogP contribution in [0.1, 0.15) is 19.3 Å². The summed E-state index contributed by atoms with van der Waals surface area (Å²) in [7, 11) is 1.95. The van der Waals surface area contributed by atoms with Crippen molar-refractivity contribution in [3.63, 3.8) is 0 Å². The summed E-state index contributed by atoms with van der Waals surface area (Å²) in [6, 6.07) is 0. The smallest absolute Gasteiger partial charge is 0.309 e. The quantitative estimate of drug-likeness (QED) is 0.509. The average molecular weight is 184 g/mol. The number of ether oxygens (including phenoxy) is 1. The number of hydrogen-bond acceptors (Lipinski definition) is 3. The fourth-order valence-electron chi connectivity index (χ4n) is 2.02. The van der Waals surface area contributed by atoms with Gasteiger partial charge in [0.1, 0.15) is 11.8 Å². The first-order chi connectivity index (χ1) is 6.16. The first-order valence-corrected chi connectivity index (χ1v) is 4.57. The highest BCUT2D eigenvalue weighted by Gasteiger charge is 2.50. The lowest BCUT2D eigenvalue weighted by Crippen LogP contribution is -2.77. The van der Waals surface area contributed by atoms with Crippen molar-refractivity contribution in [2.75, 3.05) is 7.05 Å². The van der Waals surface area contributed by atoms with Crippen molar-refractivity contribution >= 4 is 5.97 Å². The number of nitrogens with two attached hydrogens (primary N) is 1. The summed E-state index contributed by atoms with van der Waals surface area (Å²) in [6.07, 6.45) is 2.98. The number of esters is 1. The molecule has 1 spiro atoms. The van der Waals surface area contributed by atoms with E-state index in [1.807, 2.05) is 18.4 Å². The molecule has 4 heteroatoms. The van der Waals surface area contributed by atoms with Gasteiger partial charge >= 0.3 is 5.97 Å². The Morgan fingerprint density at radius 3 is 3.00 bits per heavy atom. The van der Waals surface area contributed by atoms with E-state index in [2.05, 4.69) is 0 Å². The van der Waals surface area contributed by atoms with Crippen molar-refractivity contribution < 1.29 is 20.0 Å². The van der Waals surface area contributed by atoms with Crippen LogP contribution in [0.15, 0.2) is 11.8 Å². The monoisotopic (exact) mass is 184 g/mol. The zero-order chi connectivity index (χ0) is 9.47. The van der Waals surface area contributed by atoms with Crippen LogP contribution in [-0.2, 0) is 9.53 Å². The molecule has 1 fully saturated rings. The molecule has 72 valence electrons. The van der Waals surface area contributed by atoms with Gasteiger partial charge < -0.3 is 15.2 Å². The molecule has 0 aromatic rings. The highest BCUT2D eigenvalue weighted by molar-refractivity contribution is 5.74. The lowest BCUT2D eigenvalue weighted by Gasteiger charge is -2.22. The van der Waals surface area contributed by atoms with E-state index in [0.717, 1.165) is 18.5 Å². The van der Waals surface area contributed by atoms with Crippen molar-refractivity contribution in [1.29, 1.82) is 0 Å². The molecular weight excluding hydrogens is 170 g/mol. The summed E-state index contributed by atoms with van der Waals surface area (Å²) in [4.78, 5) is 11.0. The largest absolute Gasteiger partial charge is 0.452 e. The molecule has 0 radical (unpaired) electrons. The van der Waals surface area contributed by atoms with E-state index in [0.29, 0.717) is 0 Å². The Labute approximate surface area is 76.6 Å². The van der Waals surface area contributed by atoms with E-state index >= 15 is 0 Å². The zero-order valence-corrected chi connectivity index (χ0v) is 7.62. The number of quaternary nitrogens is 1. The van der Waals surface area contributed by atoms with Crippen LogP contribution < -0.4 is 5.32 Å². The Kier molecular flexibility index (Phi) is 1.89. The second-order valence-corrected chi connectivity index (χ2v) is 3.66. The van der Waals surface area contributed by atoms with E-state index in [1.165, 1.54) is 0 Å². The molecule has 2 aliphatic rings. The minimum atomic E-state index is -0.696. The molecule has 0 bridgehead atoms. The molecule has 1 aliphatic heterocycles. The third-order valence-corrected chi connectivity index (χ3v) is 2.83. The molecule has 2 atom stereocenters. The van der Waals surface area contributed by atoms with Gasteiger partial charge in [-0.3, -0.25) is 4.79 Å². The molecule has 0 saturated carbocycles. The molecule has 0 unspecified atom stereocenters. The standard InChI is InChI=1S/C9H13NO3/c1-10-6-2-3-9(5-6)7(11)4-8(12)13-9/h5,7,10-11H,2-4H2,1H3/p+1/t7-,9+/m0/s1. The number of carbonyl (C=O) groups excluding carboxylic acids is 1. The van der Waals surface area contributed by atoms with Crippen LogP contribution in [0.5, 0.6) is 0 Å². The van der Waals surface area contributed by atoms with Crippen molar-refractivity contribution in [3.05, 3.63) is 11.8 Å². The van der Waals surface area contributed by atoms with Crippen LogP contribution in [-0.4, -0.2) is 29.8 Å². The highest BCUT2D eigenvalue weighted by Crippen LogP contribution is 2.38. The van der Waals surface area contributed by atoms with E-state index in [4.69, 9.17) is 4.74 Å². The van der Waals surface area contributed by atoms with Gasteiger partial charge in [-0.25, -0.2) is 0 Å². The highest BCUT2D eigenvalue weighted by atomic mass is 16.6. The first-order valence-electron chi connectivity index (χ1n) is 4.57. The van der Waals surface area contributed by atoms with Crippen molar-refractivity contribution in [2.24, 2.45) is 0 Å². The summed E-state index contributed by atoms with van der Waals surface area (Å²) in [5.41, 5.74) is 0.465. The molecule has 4 nitrogen and oxygen atoms in total. The number of aliphatic hydroxyl groups excluding tert-OH is 1. The predicted octanol–water partition coefficient (Wildman–Crippen LogP) is -1.10. The van der Waals surface area contributed by atoms with E-state index in [9.17, 15) is 9.90 Å². The average Bonchev–Trinajstić information content (AvgIpc) is 2.59. The van der Waals surface area contributed by atoms with Gasteiger partial charge in [-0.2, -0.15) is 0 Å². The Bertz CT molecular complexity index is 274. The topological polar surface area (TPSA) is 63.1 Å². The maximum Gasteiger partial charge on any atom is 0.309 e. The Hall–Kier alpha value is -0.870. The molecule has 3 N–H and O–H groups in total. The maximum atomic E-state index is 11.0. The maximum absolute atomic E-state index is 11.0. The van der Waals surface area contributed by atoms with Gasteiger partial charge in [0.2, 0.25) is 0 Å².